The molecule has 0 atom stereocenters. The fraction of sp³-hybridized carbons (Fsp3) is 0.750. The zero-order chi connectivity index (χ0) is 13.9. The van der Waals surface area contributed by atoms with Crippen LogP contribution in [0, 0.1) is 0 Å². The summed E-state index contributed by atoms with van der Waals surface area (Å²) >= 11 is 0. The molecule has 0 bridgehead atoms. The first-order chi connectivity index (χ1) is 8.92. The molecule has 0 aliphatic heterocycles. The molecule has 2 rings (SSSR count). The van der Waals surface area contributed by atoms with Crippen LogP contribution in [-0.4, -0.2) is 39.0 Å². The van der Waals surface area contributed by atoms with Crippen LogP contribution in [0.15, 0.2) is 6.33 Å². The van der Waals surface area contributed by atoms with Crippen molar-refractivity contribution in [3.63, 3.8) is 0 Å². The van der Waals surface area contributed by atoms with Crippen LogP contribution in [0.1, 0.15) is 39.4 Å². The maximum atomic E-state index is 11.5. The van der Waals surface area contributed by atoms with Gasteiger partial charge >= 0.3 is 6.09 Å². The third kappa shape index (κ3) is 4.51. The smallest absolute Gasteiger partial charge is 0.407 e. The molecule has 1 saturated carbocycles. The van der Waals surface area contributed by atoms with Gasteiger partial charge in [0.15, 0.2) is 0 Å². The van der Waals surface area contributed by atoms with Crippen molar-refractivity contribution in [2.45, 2.75) is 57.8 Å². The third-order valence-electron chi connectivity index (χ3n) is 2.88. The van der Waals surface area contributed by atoms with Crippen molar-refractivity contribution in [2.24, 2.45) is 0 Å². The van der Waals surface area contributed by atoms with Gasteiger partial charge in [-0.25, -0.2) is 9.78 Å². The van der Waals surface area contributed by atoms with E-state index in [0.29, 0.717) is 12.6 Å². The molecule has 1 fully saturated rings. The van der Waals surface area contributed by atoms with E-state index in [1.165, 1.54) is 6.33 Å². The van der Waals surface area contributed by atoms with Crippen LogP contribution in [0.2, 0.25) is 0 Å². The average Bonchev–Trinajstić information content (AvgIpc) is 2.71. The number of rotatable bonds is 4. The highest BCUT2D eigenvalue weighted by molar-refractivity contribution is 5.68. The molecule has 7 heteroatoms. The second kappa shape index (κ2) is 5.56. The minimum Gasteiger partial charge on any atom is -0.444 e. The van der Waals surface area contributed by atoms with Gasteiger partial charge in [0.1, 0.15) is 17.8 Å². The zero-order valence-electron chi connectivity index (χ0n) is 11.6. The van der Waals surface area contributed by atoms with Gasteiger partial charge in [0.05, 0.1) is 6.54 Å². The Bertz CT molecular complexity index is 406. The van der Waals surface area contributed by atoms with Crippen LogP contribution in [0.4, 0.5) is 4.79 Å². The maximum Gasteiger partial charge on any atom is 0.407 e. The molecular weight excluding hydrogens is 246 g/mol. The Labute approximate surface area is 112 Å². The molecule has 0 saturated heterocycles. The van der Waals surface area contributed by atoms with Gasteiger partial charge in [-0.05, 0) is 33.6 Å². The summed E-state index contributed by atoms with van der Waals surface area (Å²) in [5.74, 6) is 0.823. The van der Waals surface area contributed by atoms with Crippen LogP contribution < -0.4 is 10.6 Å². The summed E-state index contributed by atoms with van der Waals surface area (Å²) in [6, 6.07) is 0.604. The predicted molar refractivity (Wildman–Crippen MR) is 69.4 cm³/mol. The summed E-state index contributed by atoms with van der Waals surface area (Å²) in [7, 11) is 0. The second-order valence-electron chi connectivity index (χ2n) is 5.82. The largest absolute Gasteiger partial charge is 0.444 e. The van der Waals surface area contributed by atoms with E-state index in [2.05, 4.69) is 25.8 Å². The lowest BCUT2D eigenvalue weighted by Gasteiger charge is -2.36. The number of hydrogen-bond donors (Lipinski definition) is 3. The summed E-state index contributed by atoms with van der Waals surface area (Å²) < 4.78 is 5.20. The molecule has 19 heavy (non-hydrogen) atoms. The fourth-order valence-corrected chi connectivity index (χ4v) is 1.93. The number of nitrogens with zero attached hydrogens (tertiary/aromatic N) is 2. The Morgan fingerprint density at radius 3 is 2.79 bits per heavy atom. The molecule has 7 nitrogen and oxygen atoms in total. The Kier molecular flexibility index (Phi) is 4.04. The SMILES string of the molecule is CC(C)(C)OC(=O)NC1CC(NCc2ncn[nH]2)C1. The molecule has 0 aromatic carbocycles. The highest BCUT2D eigenvalue weighted by Crippen LogP contribution is 2.20. The van der Waals surface area contributed by atoms with Gasteiger partial charge in [0.2, 0.25) is 0 Å². The summed E-state index contributed by atoms with van der Waals surface area (Å²) in [5.41, 5.74) is -0.447. The molecule has 0 radical (unpaired) electrons. The summed E-state index contributed by atoms with van der Waals surface area (Å²) in [4.78, 5) is 15.6. The number of carbonyl (C=O) groups excluding carboxylic acids is 1. The Morgan fingerprint density at radius 1 is 1.47 bits per heavy atom. The molecule has 1 amide bonds. The molecule has 0 spiro atoms. The number of aromatic nitrogens is 3. The van der Waals surface area contributed by atoms with Crippen molar-refractivity contribution in [1.29, 1.82) is 0 Å². The molecule has 106 valence electrons. The molecule has 1 aromatic heterocycles. The maximum absolute atomic E-state index is 11.5. The van der Waals surface area contributed by atoms with E-state index in [9.17, 15) is 4.79 Å². The third-order valence-corrected chi connectivity index (χ3v) is 2.88. The molecule has 1 aromatic rings. The monoisotopic (exact) mass is 267 g/mol. The first kappa shape index (κ1) is 13.8. The average molecular weight is 267 g/mol. The van der Waals surface area contributed by atoms with Crippen LogP contribution in [0.5, 0.6) is 0 Å². The van der Waals surface area contributed by atoms with Gasteiger partial charge in [-0.3, -0.25) is 5.10 Å². The lowest BCUT2D eigenvalue weighted by atomic mass is 9.87. The number of H-pyrrole nitrogens is 1. The summed E-state index contributed by atoms with van der Waals surface area (Å²) in [6.45, 7) is 6.24. The van der Waals surface area contributed by atoms with Crippen molar-refractivity contribution in [1.82, 2.24) is 25.8 Å². The molecule has 3 N–H and O–H groups in total. The zero-order valence-corrected chi connectivity index (χ0v) is 11.6. The van der Waals surface area contributed by atoms with Crippen molar-refractivity contribution >= 4 is 6.09 Å². The van der Waals surface area contributed by atoms with Gasteiger partial charge in [-0.15, -0.1) is 0 Å². The van der Waals surface area contributed by atoms with E-state index < -0.39 is 5.60 Å². The Morgan fingerprint density at radius 2 is 2.21 bits per heavy atom. The van der Waals surface area contributed by atoms with E-state index >= 15 is 0 Å². The second-order valence-corrected chi connectivity index (χ2v) is 5.82. The van der Waals surface area contributed by atoms with Gasteiger partial charge < -0.3 is 15.4 Å². The number of alkyl carbamates (subject to hydrolysis) is 1. The van der Waals surface area contributed by atoms with Crippen molar-refractivity contribution in [3.8, 4) is 0 Å². The lowest BCUT2D eigenvalue weighted by Crippen LogP contribution is -2.53. The highest BCUT2D eigenvalue weighted by atomic mass is 16.6. The van der Waals surface area contributed by atoms with Gasteiger partial charge in [0.25, 0.3) is 0 Å². The Hall–Kier alpha value is -1.63. The molecule has 1 aliphatic rings. The van der Waals surface area contributed by atoms with Gasteiger partial charge in [0, 0.05) is 12.1 Å². The normalized spacial score (nSPS) is 22.7. The topological polar surface area (TPSA) is 91.9 Å². The van der Waals surface area contributed by atoms with Crippen LogP contribution in [0.25, 0.3) is 0 Å². The van der Waals surface area contributed by atoms with Crippen molar-refractivity contribution in [2.75, 3.05) is 0 Å². The van der Waals surface area contributed by atoms with Crippen molar-refractivity contribution < 1.29 is 9.53 Å². The lowest BCUT2D eigenvalue weighted by molar-refractivity contribution is 0.0465. The first-order valence-electron chi connectivity index (χ1n) is 6.49. The van der Waals surface area contributed by atoms with Crippen LogP contribution >= 0.6 is 0 Å². The fourth-order valence-electron chi connectivity index (χ4n) is 1.93. The predicted octanol–water partition coefficient (Wildman–Crippen LogP) is 0.950. The number of aromatic amines is 1. The van der Waals surface area contributed by atoms with Crippen LogP contribution in [-0.2, 0) is 11.3 Å². The minimum atomic E-state index is -0.447. The van der Waals surface area contributed by atoms with E-state index in [1.54, 1.807) is 0 Å². The number of hydrogen-bond acceptors (Lipinski definition) is 5. The van der Waals surface area contributed by atoms with E-state index in [1.807, 2.05) is 20.8 Å². The molecule has 0 unspecified atom stereocenters. The number of ether oxygens (including phenoxy) is 1. The molecule has 1 heterocycles. The number of carbonyl (C=O) groups is 1. The van der Waals surface area contributed by atoms with Crippen molar-refractivity contribution in [3.05, 3.63) is 12.2 Å². The highest BCUT2D eigenvalue weighted by Gasteiger charge is 2.31. The molecule has 1 aliphatic carbocycles. The quantitative estimate of drug-likeness (QED) is 0.755. The van der Waals surface area contributed by atoms with E-state index in [-0.39, 0.29) is 12.1 Å². The van der Waals surface area contributed by atoms with E-state index in [0.717, 1.165) is 18.7 Å². The summed E-state index contributed by atoms with van der Waals surface area (Å²) in [5, 5.41) is 12.8. The minimum absolute atomic E-state index is 0.196. The standard InChI is InChI=1S/C12H21N5O2/c1-12(2,3)19-11(18)16-9-4-8(5-9)13-6-10-14-7-15-17-10/h7-9,13H,4-6H2,1-3H3,(H,16,18)(H,14,15,17). The first-order valence-corrected chi connectivity index (χ1v) is 6.49. The van der Waals surface area contributed by atoms with Crippen LogP contribution in [0.3, 0.4) is 0 Å². The molecular formula is C12H21N5O2. The van der Waals surface area contributed by atoms with E-state index in [4.69, 9.17) is 4.74 Å². The number of amides is 1. The van der Waals surface area contributed by atoms with Gasteiger partial charge in [-0.1, -0.05) is 0 Å². The Balaban J connectivity index is 1.60. The summed E-state index contributed by atoms with van der Waals surface area (Å²) in [6.07, 6.45) is 2.97. The number of nitrogens with one attached hydrogen (secondary N) is 3. The van der Waals surface area contributed by atoms with Gasteiger partial charge in [-0.2, -0.15) is 5.10 Å².